The van der Waals surface area contributed by atoms with E-state index in [9.17, 15) is 4.79 Å². The Kier molecular flexibility index (Phi) is 5.03. The van der Waals surface area contributed by atoms with Crippen LogP contribution in [0.2, 0.25) is 0 Å². The Morgan fingerprint density at radius 3 is 2.57 bits per heavy atom. The van der Waals surface area contributed by atoms with Gasteiger partial charge in [0.2, 0.25) is 5.91 Å². The molecule has 1 aliphatic heterocycles. The van der Waals surface area contributed by atoms with E-state index >= 15 is 0 Å². The quantitative estimate of drug-likeness (QED) is 0.710. The molecule has 0 fully saturated rings. The number of hydrogen-bond donors (Lipinski definition) is 1. The third-order valence-corrected chi connectivity index (χ3v) is 4.31. The molecule has 23 heavy (non-hydrogen) atoms. The van der Waals surface area contributed by atoms with Crippen molar-refractivity contribution in [2.75, 3.05) is 18.5 Å². The highest BCUT2D eigenvalue weighted by atomic mass is 79.9. The van der Waals surface area contributed by atoms with Gasteiger partial charge in [0.05, 0.1) is 5.69 Å². The number of amides is 1. The normalized spacial score (nSPS) is 13.1. The van der Waals surface area contributed by atoms with E-state index in [0.29, 0.717) is 30.4 Å². The van der Waals surface area contributed by atoms with Crippen molar-refractivity contribution in [1.29, 1.82) is 0 Å². The van der Waals surface area contributed by atoms with Gasteiger partial charge in [-0.2, -0.15) is 0 Å². The van der Waals surface area contributed by atoms with Crippen molar-refractivity contribution >= 4 is 49.5 Å². The molecular weight excluding hydrogens is 426 g/mol. The standard InChI is InChI=1S/C17H13Br2NO3/c18-12-3-1-2-11(8-12)4-5-17(21)20-14-10-16-15(9-13(14)19)22-6-7-23-16/h1-5,8-10H,6-7H2,(H,20,21). The fraction of sp³-hybridized carbons (Fsp3) is 0.118. The maximum Gasteiger partial charge on any atom is 0.248 e. The van der Waals surface area contributed by atoms with Crippen LogP contribution in [0.1, 0.15) is 5.56 Å². The Morgan fingerprint density at radius 1 is 1.09 bits per heavy atom. The van der Waals surface area contributed by atoms with Crippen LogP contribution >= 0.6 is 31.9 Å². The second-order valence-electron chi connectivity index (χ2n) is 4.85. The molecule has 0 atom stereocenters. The van der Waals surface area contributed by atoms with Gasteiger partial charge in [0.1, 0.15) is 13.2 Å². The van der Waals surface area contributed by atoms with Crippen molar-refractivity contribution in [2.24, 2.45) is 0 Å². The highest BCUT2D eigenvalue weighted by Crippen LogP contribution is 2.38. The predicted octanol–water partition coefficient (Wildman–Crippen LogP) is 4.63. The van der Waals surface area contributed by atoms with E-state index in [1.165, 1.54) is 6.08 Å². The van der Waals surface area contributed by atoms with Gasteiger partial charge in [0, 0.05) is 27.2 Å². The SMILES string of the molecule is O=C(C=Cc1cccc(Br)c1)Nc1cc2c(cc1Br)OCCO2. The first kappa shape index (κ1) is 16.1. The van der Waals surface area contributed by atoms with Crippen LogP contribution in [0.4, 0.5) is 5.69 Å². The van der Waals surface area contributed by atoms with E-state index in [0.717, 1.165) is 14.5 Å². The molecule has 2 aromatic carbocycles. The van der Waals surface area contributed by atoms with E-state index in [2.05, 4.69) is 37.2 Å². The molecule has 0 aliphatic carbocycles. The minimum absolute atomic E-state index is 0.220. The molecule has 2 aromatic rings. The molecule has 1 heterocycles. The van der Waals surface area contributed by atoms with Crippen LogP contribution in [0, 0.1) is 0 Å². The molecule has 1 amide bonds. The van der Waals surface area contributed by atoms with Crippen molar-refractivity contribution in [1.82, 2.24) is 0 Å². The highest BCUT2D eigenvalue weighted by Gasteiger charge is 2.15. The lowest BCUT2D eigenvalue weighted by atomic mass is 10.2. The minimum Gasteiger partial charge on any atom is -0.486 e. The Balaban J connectivity index is 1.72. The number of hydrogen-bond acceptors (Lipinski definition) is 3. The van der Waals surface area contributed by atoms with Crippen LogP contribution in [-0.2, 0) is 4.79 Å². The summed E-state index contributed by atoms with van der Waals surface area (Å²) in [5.41, 5.74) is 1.58. The van der Waals surface area contributed by atoms with Crippen LogP contribution in [0.5, 0.6) is 11.5 Å². The molecule has 118 valence electrons. The summed E-state index contributed by atoms with van der Waals surface area (Å²) in [4.78, 5) is 12.1. The largest absolute Gasteiger partial charge is 0.486 e. The number of nitrogens with one attached hydrogen (secondary N) is 1. The number of anilines is 1. The molecule has 0 radical (unpaired) electrons. The van der Waals surface area contributed by atoms with Crippen molar-refractivity contribution in [3.8, 4) is 11.5 Å². The Bertz CT molecular complexity index is 774. The molecule has 0 saturated heterocycles. The van der Waals surface area contributed by atoms with Gasteiger partial charge in [-0.05, 0) is 39.7 Å². The molecule has 0 aromatic heterocycles. The summed E-state index contributed by atoms with van der Waals surface area (Å²) >= 11 is 6.83. The topological polar surface area (TPSA) is 47.6 Å². The van der Waals surface area contributed by atoms with Crippen molar-refractivity contribution in [3.63, 3.8) is 0 Å². The summed E-state index contributed by atoms with van der Waals surface area (Å²) in [7, 11) is 0. The van der Waals surface area contributed by atoms with Crippen LogP contribution in [0.25, 0.3) is 6.08 Å². The average Bonchev–Trinajstić information content (AvgIpc) is 2.54. The van der Waals surface area contributed by atoms with Crippen molar-refractivity contribution in [3.05, 3.63) is 57.0 Å². The smallest absolute Gasteiger partial charge is 0.248 e. The minimum atomic E-state index is -0.220. The van der Waals surface area contributed by atoms with Crippen LogP contribution in [0.15, 0.2) is 51.4 Å². The number of halogens is 2. The van der Waals surface area contributed by atoms with E-state index in [4.69, 9.17) is 9.47 Å². The predicted molar refractivity (Wildman–Crippen MR) is 96.9 cm³/mol. The monoisotopic (exact) mass is 437 g/mol. The zero-order valence-electron chi connectivity index (χ0n) is 12.0. The van der Waals surface area contributed by atoms with E-state index in [-0.39, 0.29) is 5.91 Å². The second kappa shape index (κ2) is 7.19. The molecule has 1 aliphatic rings. The van der Waals surface area contributed by atoms with Crippen molar-refractivity contribution < 1.29 is 14.3 Å². The molecule has 6 heteroatoms. The molecule has 0 bridgehead atoms. The fourth-order valence-corrected chi connectivity index (χ4v) is 2.95. The maximum atomic E-state index is 12.1. The second-order valence-corrected chi connectivity index (χ2v) is 6.62. The lowest BCUT2D eigenvalue weighted by Gasteiger charge is -2.19. The molecule has 1 N–H and O–H groups in total. The lowest BCUT2D eigenvalue weighted by molar-refractivity contribution is -0.111. The van der Waals surface area contributed by atoms with Gasteiger partial charge in [-0.15, -0.1) is 0 Å². The molecular formula is C17H13Br2NO3. The van der Waals surface area contributed by atoms with E-state index in [1.54, 1.807) is 18.2 Å². The highest BCUT2D eigenvalue weighted by molar-refractivity contribution is 9.10. The van der Waals surface area contributed by atoms with Crippen molar-refractivity contribution in [2.45, 2.75) is 0 Å². The third-order valence-electron chi connectivity index (χ3n) is 3.17. The Labute approximate surface area is 150 Å². The Morgan fingerprint density at radius 2 is 1.83 bits per heavy atom. The van der Waals surface area contributed by atoms with Crippen LogP contribution < -0.4 is 14.8 Å². The Hall–Kier alpha value is -1.79. The van der Waals surface area contributed by atoms with Gasteiger partial charge in [-0.1, -0.05) is 28.1 Å². The van der Waals surface area contributed by atoms with Gasteiger partial charge in [-0.25, -0.2) is 0 Å². The number of fused-ring (bicyclic) bond motifs is 1. The molecule has 4 nitrogen and oxygen atoms in total. The first-order chi connectivity index (χ1) is 11.1. The number of benzene rings is 2. The van der Waals surface area contributed by atoms with Gasteiger partial charge in [0.15, 0.2) is 11.5 Å². The number of ether oxygens (including phenoxy) is 2. The summed E-state index contributed by atoms with van der Waals surface area (Å²) < 4.78 is 12.7. The number of carbonyl (C=O) groups excluding carboxylic acids is 1. The van der Waals surface area contributed by atoms with Gasteiger partial charge >= 0.3 is 0 Å². The van der Waals surface area contributed by atoms with E-state index in [1.807, 2.05) is 24.3 Å². The summed E-state index contributed by atoms with van der Waals surface area (Å²) in [5, 5.41) is 2.83. The molecule has 0 unspecified atom stereocenters. The summed E-state index contributed by atoms with van der Waals surface area (Å²) in [6.45, 7) is 1.03. The molecule has 0 spiro atoms. The summed E-state index contributed by atoms with van der Waals surface area (Å²) in [6.07, 6.45) is 3.25. The summed E-state index contributed by atoms with van der Waals surface area (Å²) in [6, 6.07) is 11.3. The first-order valence-electron chi connectivity index (χ1n) is 6.95. The van der Waals surface area contributed by atoms with E-state index < -0.39 is 0 Å². The van der Waals surface area contributed by atoms with Crippen LogP contribution in [0.3, 0.4) is 0 Å². The summed E-state index contributed by atoms with van der Waals surface area (Å²) in [5.74, 6) is 1.08. The zero-order valence-corrected chi connectivity index (χ0v) is 15.2. The van der Waals surface area contributed by atoms with Gasteiger partial charge in [0.25, 0.3) is 0 Å². The number of carbonyl (C=O) groups is 1. The van der Waals surface area contributed by atoms with Crippen LogP contribution in [-0.4, -0.2) is 19.1 Å². The maximum absolute atomic E-state index is 12.1. The first-order valence-corrected chi connectivity index (χ1v) is 8.54. The van der Waals surface area contributed by atoms with Gasteiger partial charge in [-0.3, -0.25) is 4.79 Å². The number of rotatable bonds is 3. The lowest BCUT2D eigenvalue weighted by Crippen LogP contribution is -2.16. The fourth-order valence-electron chi connectivity index (χ4n) is 2.12. The zero-order chi connectivity index (χ0) is 16.2. The molecule has 0 saturated carbocycles. The average molecular weight is 439 g/mol. The molecule has 3 rings (SSSR count). The third kappa shape index (κ3) is 4.14. The van der Waals surface area contributed by atoms with Gasteiger partial charge < -0.3 is 14.8 Å².